The van der Waals surface area contributed by atoms with Crippen LogP contribution >= 0.6 is 0 Å². The van der Waals surface area contributed by atoms with E-state index in [-0.39, 0.29) is 34.9 Å². The lowest BCUT2D eigenvalue weighted by Gasteiger charge is -2.63. The average molecular weight is 437 g/mol. The summed E-state index contributed by atoms with van der Waals surface area (Å²) in [5, 5.41) is 23.0. The maximum Gasteiger partial charge on any atom is 0.305 e. The van der Waals surface area contributed by atoms with E-state index in [0.717, 1.165) is 51.4 Å². The molecule has 0 heterocycles. The predicted octanol–water partition coefficient (Wildman–Crippen LogP) is 4.19. The first kappa shape index (κ1) is 23.5. The largest absolute Gasteiger partial charge is 0.469 e. The van der Waals surface area contributed by atoms with Gasteiger partial charge in [-0.3, -0.25) is 4.79 Å². The molecule has 4 rings (SSSR count). The van der Waals surface area contributed by atoms with Crippen LogP contribution in [0.25, 0.3) is 0 Å². The highest BCUT2D eigenvalue weighted by atomic mass is 16.5. The molecule has 4 aliphatic rings. The van der Waals surface area contributed by atoms with Crippen molar-refractivity contribution in [2.45, 2.75) is 96.9 Å². The number of aliphatic hydroxyl groups excluding tert-OH is 2. The Bertz CT molecular complexity index is 666. The fourth-order valence-electron chi connectivity index (χ4n) is 8.98. The van der Waals surface area contributed by atoms with Crippen LogP contribution in [0.4, 0.5) is 0 Å². The van der Waals surface area contributed by atoms with Gasteiger partial charge >= 0.3 is 5.97 Å². The Morgan fingerprint density at radius 3 is 2.48 bits per heavy atom. The molecule has 0 aromatic carbocycles. The minimum absolute atomic E-state index is 0.149. The molecule has 0 amide bonds. The minimum atomic E-state index is -0.338. The zero-order valence-electron chi connectivity index (χ0n) is 20.2. The van der Waals surface area contributed by atoms with E-state index in [1.165, 1.54) is 7.11 Å². The van der Waals surface area contributed by atoms with Crippen molar-refractivity contribution < 1.29 is 24.5 Å². The molecule has 0 aromatic heterocycles. The Kier molecular flexibility index (Phi) is 6.53. The number of hydrogen-bond acceptors (Lipinski definition) is 5. The molecule has 11 atom stereocenters. The van der Waals surface area contributed by atoms with Crippen molar-refractivity contribution in [1.29, 1.82) is 0 Å². The van der Waals surface area contributed by atoms with Crippen molar-refractivity contribution >= 4 is 5.97 Å². The number of carbonyl (C=O) groups excluding carboxylic acids is 1. The highest BCUT2D eigenvalue weighted by molar-refractivity contribution is 5.69. The minimum Gasteiger partial charge on any atom is -0.469 e. The molecule has 31 heavy (non-hydrogen) atoms. The number of carbonyl (C=O) groups is 1. The second-order valence-electron chi connectivity index (χ2n) is 11.8. The van der Waals surface area contributed by atoms with Crippen LogP contribution in [0.2, 0.25) is 0 Å². The molecule has 0 aliphatic heterocycles. The summed E-state index contributed by atoms with van der Waals surface area (Å²) in [6, 6.07) is 0. The third-order valence-corrected chi connectivity index (χ3v) is 10.9. The van der Waals surface area contributed by atoms with Crippen molar-refractivity contribution in [2.75, 3.05) is 14.2 Å². The molecule has 2 N–H and O–H groups in total. The molecule has 0 spiro atoms. The van der Waals surface area contributed by atoms with Gasteiger partial charge < -0.3 is 19.7 Å². The molecule has 4 unspecified atom stereocenters. The van der Waals surface area contributed by atoms with Gasteiger partial charge in [-0.15, -0.1) is 0 Å². The highest BCUT2D eigenvalue weighted by Crippen LogP contribution is 2.68. The number of fused-ring (bicyclic) bond motifs is 5. The molecule has 0 radical (unpaired) electrons. The summed E-state index contributed by atoms with van der Waals surface area (Å²) in [6.45, 7) is 6.96. The SMILES string of the molecule is COC(=O)CCC(C)C1CC[C@H]2C3C(C[C@H](O)[C@]12C)[C@@]1(C)CC[C@H](OC)C[C@H]1C[C@H]3O. The summed E-state index contributed by atoms with van der Waals surface area (Å²) in [4.78, 5) is 11.7. The summed E-state index contributed by atoms with van der Waals surface area (Å²) < 4.78 is 10.5. The molecule has 5 nitrogen and oxygen atoms in total. The maximum atomic E-state index is 11.7. The molecular formula is C26H44O5. The second-order valence-corrected chi connectivity index (χ2v) is 11.8. The Balaban J connectivity index is 1.57. The molecule has 0 aromatic rings. The van der Waals surface area contributed by atoms with Crippen LogP contribution in [0.15, 0.2) is 0 Å². The van der Waals surface area contributed by atoms with Crippen molar-refractivity contribution in [2.24, 2.45) is 46.3 Å². The van der Waals surface area contributed by atoms with Crippen LogP contribution < -0.4 is 0 Å². The lowest BCUT2D eigenvalue weighted by atomic mass is 9.43. The summed E-state index contributed by atoms with van der Waals surface area (Å²) in [5.74, 6) is 2.11. The summed E-state index contributed by atoms with van der Waals surface area (Å²) in [5.41, 5.74) is 0.0143. The molecule has 4 saturated carbocycles. The van der Waals surface area contributed by atoms with Gasteiger partial charge in [-0.25, -0.2) is 0 Å². The van der Waals surface area contributed by atoms with E-state index >= 15 is 0 Å². The third-order valence-electron chi connectivity index (χ3n) is 10.9. The third kappa shape index (κ3) is 3.67. The second kappa shape index (κ2) is 8.61. The lowest BCUT2D eigenvalue weighted by Crippen LogP contribution is -2.62. The van der Waals surface area contributed by atoms with E-state index in [1.54, 1.807) is 0 Å². The van der Waals surface area contributed by atoms with Gasteiger partial charge in [-0.1, -0.05) is 20.8 Å². The summed E-state index contributed by atoms with van der Waals surface area (Å²) >= 11 is 0. The van der Waals surface area contributed by atoms with E-state index in [0.29, 0.717) is 42.1 Å². The van der Waals surface area contributed by atoms with Gasteiger partial charge in [0.15, 0.2) is 0 Å². The number of ether oxygens (including phenoxy) is 2. The van der Waals surface area contributed by atoms with Gasteiger partial charge in [0.1, 0.15) is 0 Å². The number of esters is 1. The van der Waals surface area contributed by atoms with Crippen LogP contribution in [0, 0.1) is 46.3 Å². The van der Waals surface area contributed by atoms with Gasteiger partial charge in [-0.2, -0.15) is 0 Å². The van der Waals surface area contributed by atoms with Gasteiger partial charge in [0.25, 0.3) is 0 Å². The Morgan fingerprint density at radius 1 is 1.06 bits per heavy atom. The lowest BCUT2D eigenvalue weighted by molar-refractivity contribution is -0.208. The number of hydrogen-bond donors (Lipinski definition) is 2. The molecule has 5 heteroatoms. The van der Waals surface area contributed by atoms with Crippen LogP contribution in [0.3, 0.4) is 0 Å². The molecular weight excluding hydrogens is 392 g/mol. The van der Waals surface area contributed by atoms with Crippen LogP contribution in [-0.2, 0) is 14.3 Å². The van der Waals surface area contributed by atoms with Gasteiger partial charge in [-0.05, 0) is 97.7 Å². The fourth-order valence-corrected chi connectivity index (χ4v) is 8.98. The summed E-state index contributed by atoms with van der Waals surface area (Å²) in [7, 11) is 3.26. The Labute approximate surface area is 188 Å². The molecule has 178 valence electrons. The van der Waals surface area contributed by atoms with Crippen LogP contribution in [0.1, 0.15) is 78.6 Å². The number of aliphatic hydroxyl groups is 2. The normalized spacial score (nSPS) is 50.2. The number of methoxy groups -OCH3 is 2. The molecule has 4 aliphatic carbocycles. The number of rotatable bonds is 5. The molecule has 0 bridgehead atoms. The Morgan fingerprint density at radius 2 is 1.81 bits per heavy atom. The van der Waals surface area contributed by atoms with Gasteiger partial charge in [0.2, 0.25) is 0 Å². The predicted molar refractivity (Wildman–Crippen MR) is 119 cm³/mol. The first-order valence-corrected chi connectivity index (χ1v) is 12.6. The molecule has 4 fully saturated rings. The monoisotopic (exact) mass is 436 g/mol. The zero-order valence-corrected chi connectivity index (χ0v) is 20.2. The Hall–Kier alpha value is -0.650. The van der Waals surface area contributed by atoms with E-state index in [1.807, 2.05) is 7.11 Å². The van der Waals surface area contributed by atoms with E-state index in [4.69, 9.17) is 9.47 Å². The van der Waals surface area contributed by atoms with Crippen molar-refractivity contribution in [3.05, 3.63) is 0 Å². The fraction of sp³-hybridized carbons (Fsp3) is 0.962. The van der Waals surface area contributed by atoms with Crippen molar-refractivity contribution in [3.8, 4) is 0 Å². The average Bonchev–Trinajstić information content (AvgIpc) is 3.11. The smallest absolute Gasteiger partial charge is 0.305 e. The van der Waals surface area contributed by atoms with Crippen LogP contribution in [0.5, 0.6) is 0 Å². The molecule has 0 saturated heterocycles. The van der Waals surface area contributed by atoms with E-state index in [2.05, 4.69) is 20.8 Å². The van der Waals surface area contributed by atoms with Crippen molar-refractivity contribution in [3.63, 3.8) is 0 Å². The summed E-state index contributed by atoms with van der Waals surface area (Å²) in [6.07, 6.45) is 8.07. The maximum absolute atomic E-state index is 11.7. The van der Waals surface area contributed by atoms with Gasteiger partial charge in [0.05, 0.1) is 25.4 Å². The zero-order chi connectivity index (χ0) is 22.6. The van der Waals surface area contributed by atoms with E-state index in [9.17, 15) is 15.0 Å². The first-order valence-electron chi connectivity index (χ1n) is 12.6. The standard InChI is InChI=1S/C26H44O5/c1-15(6-9-23(29)31-5)18-7-8-19-24-20(14-22(28)26(18,19)3)25(2)11-10-17(30-4)12-16(25)13-21(24)27/h15-22,24,27-28H,6-14H2,1-5H3/t15?,16-,17-,18?,19-,20?,21+,22-,24?,25-,26+/m0/s1. The quantitative estimate of drug-likeness (QED) is 0.632. The highest BCUT2D eigenvalue weighted by Gasteiger charge is 2.65. The van der Waals surface area contributed by atoms with Gasteiger partial charge in [0, 0.05) is 13.5 Å². The van der Waals surface area contributed by atoms with Crippen LogP contribution in [-0.4, -0.2) is 48.7 Å². The topological polar surface area (TPSA) is 76.0 Å². The van der Waals surface area contributed by atoms with Crippen molar-refractivity contribution in [1.82, 2.24) is 0 Å². The first-order chi connectivity index (χ1) is 14.7. The van der Waals surface area contributed by atoms with E-state index < -0.39 is 0 Å².